The number of benzene rings is 4. The number of hydrogen-bond donors (Lipinski definition) is 2. The van der Waals surface area contributed by atoms with Crippen LogP contribution >= 0.6 is 11.6 Å². The summed E-state index contributed by atoms with van der Waals surface area (Å²) in [6.07, 6.45) is 1.13. The molecule has 41 heavy (non-hydrogen) atoms. The van der Waals surface area contributed by atoms with Crippen molar-refractivity contribution in [2.75, 3.05) is 21.2 Å². The van der Waals surface area contributed by atoms with Gasteiger partial charge in [0.15, 0.2) is 0 Å². The second-order valence-corrected chi connectivity index (χ2v) is 13.1. The van der Waals surface area contributed by atoms with E-state index in [1.54, 1.807) is 84.9 Å². The van der Waals surface area contributed by atoms with Crippen molar-refractivity contribution in [3.8, 4) is 0 Å². The van der Waals surface area contributed by atoms with Crippen LogP contribution in [0.5, 0.6) is 0 Å². The third-order valence-electron chi connectivity index (χ3n) is 6.43. The van der Waals surface area contributed by atoms with Gasteiger partial charge in [0.05, 0.1) is 18.5 Å². The molecule has 0 spiro atoms. The summed E-state index contributed by atoms with van der Waals surface area (Å²) in [7, 11) is -3.57. The molecule has 0 bridgehead atoms. The van der Waals surface area contributed by atoms with E-state index in [0.717, 1.165) is 11.8 Å². The van der Waals surface area contributed by atoms with Crippen LogP contribution in [0.3, 0.4) is 0 Å². The third-order valence-corrected chi connectivity index (χ3v) is 7.81. The molecule has 4 aromatic rings. The van der Waals surface area contributed by atoms with Gasteiger partial charge < -0.3 is 10.6 Å². The van der Waals surface area contributed by atoms with Crippen molar-refractivity contribution >= 4 is 50.5 Å². The third kappa shape index (κ3) is 7.96. The standard InChI is InChI=1S/C32H32ClN3O4S/c1-32(2,3)25-17-15-24(16-18-25)31(38)35-28-9-6-8-27(20-28)34-30(37)23-13-11-22(12-14-23)21-36(41(4,39)40)29-10-5-7-26(33)19-29/h5-20H,21H2,1-4H3,(H,34,37)(H,35,38). The van der Waals surface area contributed by atoms with Crippen molar-refractivity contribution in [3.63, 3.8) is 0 Å². The average Bonchev–Trinajstić information content (AvgIpc) is 2.91. The fourth-order valence-electron chi connectivity index (χ4n) is 4.16. The molecule has 0 unspecified atom stereocenters. The Labute approximate surface area is 246 Å². The fourth-order valence-corrected chi connectivity index (χ4v) is 5.23. The molecule has 9 heteroatoms. The van der Waals surface area contributed by atoms with E-state index in [4.69, 9.17) is 11.6 Å². The number of carbonyl (C=O) groups excluding carboxylic acids is 2. The summed E-state index contributed by atoms with van der Waals surface area (Å²) in [5.41, 5.74) is 4.29. The van der Waals surface area contributed by atoms with Crippen molar-refractivity contribution in [3.05, 3.63) is 124 Å². The number of nitrogens with one attached hydrogen (secondary N) is 2. The number of nitrogens with zero attached hydrogens (tertiary/aromatic N) is 1. The van der Waals surface area contributed by atoms with E-state index < -0.39 is 10.0 Å². The Balaban J connectivity index is 1.41. The normalized spacial score (nSPS) is 11.5. The Morgan fingerprint density at radius 3 is 1.76 bits per heavy atom. The van der Waals surface area contributed by atoms with Crippen LogP contribution in [-0.2, 0) is 22.0 Å². The second-order valence-electron chi connectivity index (χ2n) is 10.8. The molecule has 0 radical (unpaired) electrons. The van der Waals surface area contributed by atoms with Gasteiger partial charge >= 0.3 is 0 Å². The van der Waals surface area contributed by atoms with Crippen molar-refractivity contribution in [1.29, 1.82) is 0 Å². The van der Waals surface area contributed by atoms with Gasteiger partial charge in [0.1, 0.15) is 0 Å². The molecule has 4 aromatic carbocycles. The summed E-state index contributed by atoms with van der Waals surface area (Å²) >= 11 is 6.06. The zero-order valence-corrected chi connectivity index (χ0v) is 24.9. The molecule has 0 saturated carbocycles. The molecule has 2 N–H and O–H groups in total. The largest absolute Gasteiger partial charge is 0.322 e. The van der Waals surface area contributed by atoms with Crippen LogP contribution in [0.15, 0.2) is 97.1 Å². The van der Waals surface area contributed by atoms with Gasteiger partial charge in [0.25, 0.3) is 11.8 Å². The van der Waals surface area contributed by atoms with E-state index in [1.807, 2.05) is 12.1 Å². The molecule has 2 amide bonds. The minimum Gasteiger partial charge on any atom is -0.322 e. The van der Waals surface area contributed by atoms with Crippen molar-refractivity contribution in [1.82, 2.24) is 0 Å². The van der Waals surface area contributed by atoms with Crippen LogP contribution in [0.2, 0.25) is 5.02 Å². The lowest BCUT2D eigenvalue weighted by Gasteiger charge is -2.22. The maximum Gasteiger partial charge on any atom is 0.255 e. The van der Waals surface area contributed by atoms with Crippen molar-refractivity contribution in [2.24, 2.45) is 0 Å². The quantitative estimate of drug-likeness (QED) is 0.229. The van der Waals surface area contributed by atoms with E-state index in [1.165, 1.54) is 4.31 Å². The molecule has 7 nitrogen and oxygen atoms in total. The predicted octanol–water partition coefficient (Wildman–Crippen LogP) is 7.11. The smallest absolute Gasteiger partial charge is 0.255 e. The Morgan fingerprint density at radius 2 is 1.27 bits per heavy atom. The Kier molecular flexibility index (Phi) is 8.85. The number of amides is 2. The predicted molar refractivity (Wildman–Crippen MR) is 166 cm³/mol. The average molecular weight is 590 g/mol. The summed E-state index contributed by atoms with van der Waals surface area (Å²) in [6.45, 7) is 6.43. The van der Waals surface area contributed by atoms with Gasteiger partial charge in [-0.1, -0.05) is 68.8 Å². The number of carbonyl (C=O) groups is 2. The zero-order chi connectivity index (χ0) is 29.8. The van der Waals surface area contributed by atoms with E-state index in [0.29, 0.717) is 38.8 Å². The van der Waals surface area contributed by atoms with Gasteiger partial charge in [0, 0.05) is 27.5 Å². The molecule has 0 fully saturated rings. The molecule has 212 valence electrons. The fraction of sp³-hybridized carbons (Fsp3) is 0.188. The monoisotopic (exact) mass is 589 g/mol. The minimum atomic E-state index is -3.57. The summed E-state index contributed by atoms with van der Waals surface area (Å²) in [6, 6.07) is 27.7. The first-order chi connectivity index (χ1) is 19.3. The molecular weight excluding hydrogens is 558 g/mol. The topological polar surface area (TPSA) is 95.6 Å². The van der Waals surface area contributed by atoms with Gasteiger partial charge in [0.2, 0.25) is 10.0 Å². The minimum absolute atomic E-state index is 0.00463. The summed E-state index contributed by atoms with van der Waals surface area (Å²) in [4.78, 5) is 25.7. The molecule has 0 atom stereocenters. The van der Waals surface area contributed by atoms with Gasteiger partial charge in [-0.3, -0.25) is 13.9 Å². The van der Waals surface area contributed by atoms with E-state index in [2.05, 4.69) is 31.4 Å². The maximum absolute atomic E-state index is 12.9. The Morgan fingerprint density at radius 1 is 0.756 bits per heavy atom. The van der Waals surface area contributed by atoms with Crippen LogP contribution in [0.4, 0.5) is 17.1 Å². The first-order valence-corrected chi connectivity index (χ1v) is 15.2. The van der Waals surface area contributed by atoms with Crippen molar-refractivity contribution in [2.45, 2.75) is 32.7 Å². The van der Waals surface area contributed by atoms with Crippen LogP contribution in [0.1, 0.15) is 52.6 Å². The first-order valence-electron chi connectivity index (χ1n) is 13.0. The first kappa shape index (κ1) is 29.8. The lowest BCUT2D eigenvalue weighted by molar-refractivity contribution is 0.101. The molecule has 0 aliphatic rings. The number of rotatable bonds is 8. The highest BCUT2D eigenvalue weighted by Gasteiger charge is 2.19. The van der Waals surface area contributed by atoms with Crippen LogP contribution in [0.25, 0.3) is 0 Å². The van der Waals surface area contributed by atoms with Gasteiger partial charge in [-0.2, -0.15) is 0 Å². The van der Waals surface area contributed by atoms with E-state index in [9.17, 15) is 18.0 Å². The van der Waals surface area contributed by atoms with Crippen LogP contribution in [0, 0.1) is 0 Å². The Hall–Kier alpha value is -4.14. The maximum atomic E-state index is 12.9. The number of hydrogen-bond acceptors (Lipinski definition) is 4. The summed E-state index contributed by atoms with van der Waals surface area (Å²) in [5.74, 6) is -0.585. The molecule has 0 heterocycles. The lowest BCUT2D eigenvalue weighted by atomic mass is 9.87. The number of halogens is 1. The highest BCUT2D eigenvalue weighted by atomic mass is 35.5. The van der Waals surface area contributed by atoms with Crippen LogP contribution < -0.4 is 14.9 Å². The van der Waals surface area contributed by atoms with Crippen LogP contribution in [-0.4, -0.2) is 26.5 Å². The van der Waals surface area contributed by atoms with E-state index >= 15 is 0 Å². The molecule has 0 aliphatic carbocycles. The van der Waals surface area contributed by atoms with Gasteiger partial charge in [-0.05, 0) is 77.2 Å². The number of anilines is 3. The summed E-state index contributed by atoms with van der Waals surface area (Å²) in [5, 5.41) is 6.15. The number of sulfonamides is 1. The zero-order valence-electron chi connectivity index (χ0n) is 23.3. The molecule has 0 saturated heterocycles. The lowest BCUT2D eigenvalue weighted by Crippen LogP contribution is -2.29. The Bertz CT molecular complexity index is 1660. The molecule has 0 aliphatic heterocycles. The van der Waals surface area contributed by atoms with Gasteiger partial charge in [-0.25, -0.2) is 8.42 Å². The van der Waals surface area contributed by atoms with Gasteiger partial charge in [-0.15, -0.1) is 0 Å². The SMILES string of the molecule is CC(C)(C)c1ccc(C(=O)Nc2cccc(NC(=O)c3ccc(CN(c4cccc(Cl)c4)S(C)(=O)=O)cc3)c2)cc1. The van der Waals surface area contributed by atoms with Crippen molar-refractivity contribution < 1.29 is 18.0 Å². The molecule has 0 aromatic heterocycles. The molecular formula is C32H32ClN3O4S. The van der Waals surface area contributed by atoms with E-state index in [-0.39, 0.29) is 23.8 Å². The summed E-state index contributed by atoms with van der Waals surface area (Å²) < 4.78 is 26.1. The second kappa shape index (κ2) is 12.2. The highest BCUT2D eigenvalue weighted by molar-refractivity contribution is 7.92. The highest BCUT2D eigenvalue weighted by Crippen LogP contribution is 2.25. The molecule has 4 rings (SSSR count).